The highest BCUT2D eigenvalue weighted by Gasteiger charge is 2.13. The minimum absolute atomic E-state index is 0.186. The summed E-state index contributed by atoms with van der Waals surface area (Å²) >= 11 is 0. The van der Waals surface area contributed by atoms with Gasteiger partial charge >= 0.3 is 0 Å². The number of rotatable bonds is 5. The molecule has 1 heterocycles. The van der Waals surface area contributed by atoms with Crippen molar-refractivity contribution in [2.75, 3.05) is 16.8 Å². The number of para-hydroxylation sites is 2. The van der Waals surface area contributed by atoms with E-state index in [-0.39, 0.29) is 5.69 Å². The number of carbonyl (C=O) groups is 1. The van der Waals surface area contributed by atoms with Crippen molar-refractivity contribution in [3.05, 3.63) is 78.2 Å². The number of nitriles is 1. The third-order valence-electron chi connectivity index (χ3n) is 3.83. The molecule has 0 bridgehead atoms. The van der Waals surface area contributed by atoms with E-state index < -0.39 is 5.91 Å². The number of benzene rings is 2. The summed E-state index contributed by atoms with van der Waals surface area (Å²) in [6.07, 6.45) is 3.01. The lowest BCUT2D eigenvalue weighted by molar-refractivity contribution is 0.102. The molecule has 0 fully saturated rings. The Morgan fingerprint density at radius 3 is 2.46 bits per heavy atom. The Balaban J connectivity index is 1.79. The van der Waals surface area contributed by atoms with Crippen molar-refractivity contribution < 1.29 is 4.79 Å². The Morgan fingerprint density at radius 1 is 1.08 bits per heavy atom. The summed E-state index contributed by atoms with van der Waals surface area (Å²) < 4.78 is 0. The molecule has 0 aliphatic carbocycles. The van der Waals surface area contributed by atoms with Crippen molar-refractivity contribution in [3.8, 4) is 6.07 Å². The maximum Gasteiger partial charge on any atom is 0.275 e. The molecule has 26 heavy (non-hydrogen) atoms. The zero-order valence-electron chi connectivity index (χ0n) is 14.3. The summed E-state index contributed by atoms with van der Waals surface area (Å²) in [6.45, 7) is 2.74. The molecule has 1 N–H and O–H groups in total. The molecule has 2 aromatic carbocycles. The molecule has 3 rings (SSSR count). The summed E-state index contributed by atoms with van der Waals surface area (Å²) in [5.74, 6) is 0.252. The average molecular weight is 343 g/mol. The molecule has 0 aliphatic heterocycles. The molecule has 3 aromatic rings. The lowest BCUT2D eigenvalue weighted by Crippen LogP contribution is -2.19. The smallest absolute Gasteiger partial charge is 0.275 e. The number of hydrogen-bond acceptors (Lipinski definition) is 5. The Hall–Kier alpha value is -3.72. The maximum atomic E-state index is 12.4. The highest BCUT2D eigenvalue weighted by Crippen LogP contribution is 2.22. The van der Waals surface area contributed by atoms with E-state index >= 15 is 0 Å². The summed E-state index contributed by atoms with van der Waals surface area (Å²) in [4.78, 5) is 23.0. The number of amides is 1. The molecule has 0 unspecified atom stereocenters. The Kier molecular flexibility index (Phi) is 5.20. The monoisotopic (exact) mass is 343 g/mol. The number of carbonyl (C=O) groups excluding carboxylic acids is 1. The van der Waals surface area contributed by atoms with E-state index in [1.807, 2.05) is 48.2 Å². The van der Waals surface area contributed by atoms with Gasteiger partial charge in [0.15, 0.2) is 5.82 Å². The van der Waals surface area contributed by atoms with Crippen molar-refractivity contribution in [3.63, 3.8) is 0 Å². The molecular weight excluding hydrogens is 326 g/mol. The minimum atomic E-state index is -0.408. The van der Waals surface area contributed by atoms with E-state index in [1.165, 1.54) is 6.20 Å². The Morgan fingerprint density at radius 2 is 1.81 bits per heavy atom. The first-order chi connectivity index (χ1) is 12.7. The fourth-order valence-electron chi connectivity index (χ4n) is 2.54. The molecule has 0 atom stereocenters. The second kappa shape index (κ2) is 7.90. The lowest BCUT2D eigenvalue weighted by atomic mass is 10.2. The first-order valence-corrected chi connectivity index (χ1v) is 8.18. The van der Waals surface area contributed by atoms with Gasteiger partial charge in [-0.15, -0.1) is 0 Å². The van der Waals surface area contributed by atoms with Crippen LogP contribution in [-0.2, 0) is 0 Å². The van der Waals surface area contributed by atoms with Crippen LogP contribution in [0, 0.1) is 11.3 Å². The molecule has 0 spiro atoms. The summed E-state index contributed by atoms with van der Waals surface area (Å²) in [7, 11) is 0. The topological polar surface area (TPSA) is 81.9 Å². The molecule has 6 nitrogen and oxygen atoms in total. The van der Waals surface area contributed by atoms with Gasteiger partial charge in [0.1, 0.15) is 11.8 Å². The van der Waals surface area contributed by atoms with Gasteiger partial charge in [-0.1, -0.05) is 30.3 Å². The van der Waals surface area contributed by atoms with Crippen LogP contribution < -0.4 is 10.2 Å². The van der Waals surface area contributed by atoms with Crippen molar-refractivity contribution in [2.24, 2.45) is 0 Å². The normalized spacial score (nSPS) is 10.0. The van der Waals surface area contributed by atoms with Gasteiger partial charge in [0.2, 0.25) is 0 Å². The minimum Gasteiger partial charge on any atom is -0.325 e. The highest BCUT2D eigenvalue weighted by molar-refractivity contribution is 6.03. The average Bonchev–Trinajstić information content (AvgIpc) is 2.70. The van der Waals surface area contributed by atoms with Crippen LogP contribution in [-0.4, -0.2) is 22.4 Å². The van der Waals surface area contributed by atoms with Crippen molar-refractivity contribution in [1.82, 2.24) is 9.97 Å². The summed E-state index contributed by atoms with van der Waals surface area (Å²) in [5, 5.41) is 11.8. The molecule has 0 saturated heterocycles. The van der Waals surface area contributed by atoms with Gasteiger partial charge in [0, 0.05) is 12.2 Å². The zero-order valence-corrected chi connectivity index (χ0v) is 14.3. The van der Waals surface area contributed by atoms with Gasteiger partial charge in [-0.3, -0.25) is 4.79 Å². The fourth-order valence-corrected chi connectivity index (χ4v) is 2.54. The second-order valence-corrected chi connectivity index (χ2v) is 5.45. The van der Waals surface area contributed by atoms with Crippen molar-refractivity contribution >= 4 is 23.1 Å². The molecule has 0 radical (unpaired) electrons. The molecule has 128 valence electrons. The first kappa shape index (κ1) is 17.1. The highest BCUT2D eigenvalue weighted by atomic mass is 16.1. The van der Waals surface area contributed by atoms with Crippen LogP contribution in [0.4, 0.5) is 17.2 Å². The number of nitrogens with zero attached hydrogens (tertiary/aromatic N) is 4. The molecular formula is C20H17N5O. The number of anilines is 3. The second-order valence-electron chi connectivity index (χ2n) is 5.45. The van der Waals surface area contributed by atoms with E-state index in [0.29, 0.717) is 17.1 Å². The SMILES string of the molecule is CCN(c1ccccc1)c1cnc(C(=O)Nc2ccccc2C#N)cn1. The predicted molar refractivity (Wildman–Crippen MR) is 100 cm³/mol. The Bertz CT molecular complexity index is 932. The molecule has 1 amide bonds. The van der Waals surface area contributed by atoms with E-state index in [9.17, 15) is 4.79 Å². The maximum absolute atomic E-state index is 12.4. The van der Waals surface area contributed by atoms with E-state index in [0.717, 1.165) is 12.2 Å². The van der Waals surface area contributed by atoms with Gasteiger partial charge in [-0.25, -0.2) is 9.97 Å². The lowest BCUT2D eigenvalue weighted by Gasteiger charge is -2.21. The number of hydrogen-bond donors (Lipinski definition) is 1. The molecule has 0 saturated carbocycles. The number of aromatic nitrogens is 2. The van der Waals surface area contributed by atoms with Crippen molar-refractivity contribution in [2.45, 2.75) is 6.92 Å². The molecule has 1 aromatic heterocycles. The van der Waals surface area contributed by atoms with Gasteiger partial charge < -0.3 is 10.2 Å². The van der Waals surface area contributed by atoms with Gasteiger partial charge in [-0.05, 0) is 31.2 Å². The van der Waals surface area contributed by atoms with Gasteiger partial charge in [0.25, 0.3) is 5.91 Å². The van der Waals surface area contributed by atoms with Crippen LogP contribution in [0.25, 0.3) is 0 Å². The van der Waals surface area contributed by atoms with E-state index in [1.54, 1.807) is 30.5 Å². The van der Waals surface area contributed by atoms with Crippen LogP contribution >= 0.6 is 0 Å². The fraction of sp³-hybridized carbons (Fsp3) is 0.100. The molecule has 6 heteroatoms. The van der Waals surface area contributed by atoms with Gasteiger partial charge in [-0.2, -0.15) is 5.26 Å². The number of nitrogens with one attached hydrogen (secondary N) is 1. The van der Waals surface area contributed by atoms with Crippen molar-refractivity contribution in [1.29, 1.82) is 5.26 Å². The third-order valence-corrected chi connectivity index (χ3v) is 3.83. The van der Waals surface area contributed by atoms with Crippen LogP contribution in [0.2, 0.25) is 0 Å². The van der Waals surface area contributed by atoms with E-state index in [2.05, 4.69) is 15.3 Å². The predicted octanol–water partition coefficient (Wildman–Crippen LogP) is 3.76. The van der Waals surface area contributed by atoms with E-state index in [4.69, 9.17) is 5.26 Å². The quantitative estimate of drug-likeness (QED) is 0.763. The first-order valence-electron chi connectivity index (χ1n) is 8.18. The molecule has 0 aliphatic rings. The Labute approximate surface area is 151 Å². The van der Waals surface area contributed by atoms with Crippen LogP contribution in [0.1, 0.15) is 23.0 Å². The summed E-state index contributed by atoms with van der Waals surface area (Å²) in [6, 6.07) is 18.7. The van der Waals surface area contributed by atoms with Crippen LogP contribution in [0.5, 0.6) is 0 Å². The van der Waals surface area contributed by atoms with Gasteiger partial charge in [0.05, 0.1) is 23.6 Å². The third kappa shape index (κ3) is 3.68. The standard InChI is InChI=1S/C20H17N5O/c1-2-25(16-9-4-3-5-10-16)19-14-22-18(13-23-19)20(26)24-17-11-7-6-8-15(17)12-21/h3-11,13-14H,2H2,1H3,(H,24,26). The van der Waals surface area contributed by atoms with Crippen LogP contribution in [0.15, 0.2) is 67.0 Å². The van der Waals surface area contributed by atoms with Crippen LogP contribution in [0.3, 0.4) is 0 Å². The summed E-state index contributed by atoms with van der Waals surface area (Å²) in [5.41, 5.74) is 2.03. The largest absolute Gasteiger partial charge is 0.325 e. The zero-order chi connectivity index (χ0) is 18.4.